The Labute approximate surface area is 92.3 Å². The van der Waals surface area contributed by atoms with Crippen molar-refractivity contribution in [2.24, 2.45) is 0 Å². The summed E-state index contributed by atoms with van der Waals surface area (Å²) in [6.07, 6.45) is 3.02. The van der Waals surface area contributed by atoms with Crippen molar-refractivity contribution in [1.82, 2.24) is 20.0 Å². The van der Waals surface area contributed by atoms with Crippen LogP contribution in [0.1, 0.15) is 19.0 Å². The van der Waals surface area contributed by atoms with Gasteiger partial charge in [-0.1, -0.05) is 6.92 Å². The van der Waals surface area contributed by atoms with E-state index in [1.54, 1.807) is 0 Å². The second kappa shape index (κ2) is 6.58. The van der Waals surface area contributed by atoms with Gasteiger partial charge in [0, 0.05) is 32.4 Å². The van der Waals surface area contributed by atoms with Gasteiger partial charge in [-0.2, -0.15) is 5.10 Å². The fourth-order valence-corrected chi connectivity index (χ4v) is 1.57. The Morgan fingerprint density at radius 2 is 2.33 bits per heavy atom. The largest absolute Gasteiger partial charge is 0.318 e. The summed E-state index contributed by atoms with van der Waals surface area (Å²) in [6.45, 7) is 6.26. The van der Waals surface area contributed by atoms with Crippen LogP contribution in [0.3, 0.4) is 0 Å². The molecule has 0 aliphatic heterocycles. The molecule has 0 aliphatic rings. The van der Waals surface area contributed by atoms with Crippen LogP contribution in [0.5, 0.6) is 0 Å². The highest BCUT2D eigenvalue weighted by atomic mass is 15.3. The molecule has 1 aromatic rings. The number of aromatic nitrogens is 2. The number of hydrogen-bond donors (Lipinski definition) is 1. The van der Waals surface area contributed by atoms with Crippen LogP contribution in [0, 0.1) is 0 Å². The van der Waals surface area contributed by atoms with E-state index < -0.39 is 0 Å². The number of rotatable bonds is 7. The van der Waals surface area contributed by atoms with Crippen LogP contribution in [0.25, 0.3) is 0 Å². The Bertz CT molecular complexity index is 269. The van der Waals surface area contributed by atoms with Gasteiger partial charge >= 0.3 is 0 Å². The molecule has 0 bridgehead atoms. The molecule has 0 saturated heterocycles. The summed E-state index contributed by atoms with van der Waals surface area (Å²) >= 11 is 0. The molecule has 4 heteroatoms. The Morgan fingerprint density at radius 3 is 3.00 bits per heavy atom. The van der Waals surface area contributed by atoms with E-state index in [-0.39, 0.29) is 0 Å². The smallest absolute Gasteiger partial charge is 0.0524 e. The predicted molar refractivity (Wildman–Crippen MR) is 62.8 cm³/mol. The maximum Gasteiger partial charge on any atom is 0.0524 e. The summed E-state index contributed by atoms with van der Waals surface area (Å²) in [5.41, 5.74) is 1.30. The molecule has 0 saturated carbocycles. The van der Waals surface area contributed by atoms with Gasteiger partial charge in [0.25, 0.3) is 0 Å². The summed E-state index contributed by atoms with van der Waals surface area (Å²) in [5, 5.41) is 7.47. The third-order valence-corrected chi connectivity index (χ3v) is 2.42. The van der Waals surface area contributed by atoms with Crippen LogP contribution in [0.2, 0.25) is 0 Å². The van der Waals surface area contributed by atoms with E-state index in [0.29, 0.717) is 0 Å². The van der Waals surface area contributed by atoms with Gasteiger partial charge in [0.2, 0.25) is 0 Å². The summed E-state index contributed by atoms with van der Waals surface area (Å²) < 4.78 is 2.09. The Hall–Kier alpha value is -0.870. The average molecular weight is 210 g/mol. The molecule has 0 unspecified atom stereocenters. The Morgan fingerprint density at radius 1 is 1.53 bits per heavy atom. The van der Waals surface area contributed by atoms with Crippen LogP contribution < -0.4 is 5.32 Å². The quantitative estimate of drug-likeness (QED) is 0.727. The molecule has 15 heavy (non-hydrogen) atoms. The van der Waals surface area contributed by atoms with Gasteiger partial charge in [0.05, 0.1) is 5.69 Å². The number of nitrogens with zero attached hydrogens (tertiary/aromatic N) is 3. The monoisotopic (exact) mass is 210 g/mol. The van der Waals surface area contributed by atoms with Gasteiger partial charge in [-0.3, -0.25) is 9.58 Å². The van der Waals surface area contributed by atoms with Crippen molar-refractivity contribution in [3.05, 3.63) is 18.0 Å². The van der Waals surface area contributed by atoms with Crippen LogP contribution in [-0.2, 0) is 13.1 Å². The molecule has 0 radical (unpaired) electrons. The van der Waals surface area contributed by atoms with Gasteiger partial charge in [-0.25, -0.2) is 0 Å². The average Bonchev–Trinajstić information content (AvgIpc) is 2.63. The minimum absolute atomic E-state index is 0.974. The zero-order valence-electron chi connectivity index (χ0n) is 10.0. The van der Waals surface area contributed by atoms with Crippen LogP contribution >= 0.6 is 0 Å². The van der Waals surface area contributed by atoms with E-state index in [2.05, 4.69) is 40.0 Å². The third kappa shape index (κ3) is 4.01. The van der Waals surface area contributed by atoms with Crippen LogP contribution in [-0.4, -0.2) is 41.9 Å². The van der Waals surface area contributed by atoms with Gasteiger partial charge in [0.1, 0.15) is 0 Å². The second-order valence-electron chi connectivity index (χ2n) is 3.89. The lowest BCUT2D eigenvalue weighted by Gasteiger charge is -2.16. The van der Waals surface area contributed by atoms with Crippen LogP contribution in [0.4, 0.5) is 0 Å². The van der Waals surface area contributed by atoms with Crippen molar-refractivity contribution < 1.29 is 0 Å². The number of aryl methyl sites for hydroxylation is 1. The van der Waals surface area contributed by atoms with Crippen molar-refractivity contribution >= 4 is 0 Å². The van der Waals surface area contributed by atoms with Crippen molar-refractivity contribution in [3.8, 4) is 0 Å². The first-order chi connectivity index (χ1) is 7.27. The van der Waals surface area contributed by atoms with Gasteiger partial charge in [-0.15, -0.1) is 0 Å². The highest BCUT2D eigenvalue weighted by Crippen LogP contribution is 2.03. The normalized spacial score (nSPS) is 11.2. The molecular formula is C11H22N4. The molecule has 1 N–H and O–H groups in total. The first kappa shape index (κ1) is 12.2. The molecule has 0 amide bonds. The molecule has 0 fully saturated rings. The summed E-state index contributed by atoms with van der Waals surface area (Å²) in [6, 6.07) is 2.10. The van der Waals surface area contributed by atoms with Crippen molar-refractivity contribution in [3.63, 3.8) is 0 Å². The molecular weight excluding hydrogens is 188 g/mol. The maximum absolute atomic E-state index is 4.31. The van der Waals surface area contributed by atoms with E-state index in [1.807, 2.05) is 13.2 Å². The minimum atomic E-state index is 0.974. The standard InChI is InChI=1S/C11H22N4/c1-4-8-15-11(5-6-13-15)10-14(3)9-7-12-2/h5-6,12H,4,7-10H2,1-3H3. The van der Waals surface area contributed by atoms with Gasteiger partial charge in [0.15, 0.2) is 0 Å². The maximum atomic E-state index is 4.31. The molecule has 86 valence electrons. The summed E-state index contributed by atoms with van der Waals surface area (Å²) in [7, 11) is 4.12. The molecule has 0 spiro atoms. The minimum Gasteiger partial charge on any atom is -0.318 e. The molecule has 1 aromatic heterocycles. The highest BCUT2D eigenvalue weighted by Gasteiger charge is 2.04. The molecule has 1 rings (SSSR count). The predicted octanol–water partition coefficient (Wildman–Crippen LogP) is 0.944. The van der Waals surface area contributed by atoms with E-state index >= 15 is 0 Å². The zero-order valence-corrected chi connectivity index (χ0v) is 10.0. The lowest BCUT2D eigenvalue weighted by Crippen LogP contribution is -2.27. The van der Waals surface area contributed by atoms with E-state index in [4.69, 9.17) is 0 Å². The first-order valence-electron chi connectivity index (χ1n) is 5.61. The SMILES string of the molecule is CCCn1nccc1CN(C)CCNC. The fraction of sp³-hybridized carbons (Fsp3) is 0.727. The highest BCUT2D eigenvalue weighted by molar-refractivity contribution is 5.00. The third-order valence-electron chi connectivity index (χ3n) is 2.42. The van der Waals surface area contributed by atoms with Gasteiger partial charge in [-0.05, 0) is 26.6 Å². The summed E-state index contributed by atoms with van der Waals surface area (Å²) in [4.78, 5) is 2.31. The molecule has 1 heterocycles. The molecule has 4 nitrogen and oxygen atoms in total. The number of hydrogen-bond acceptors (Lipinski definition) is 3. The van der Waals surface area contributed by atoms with Crippen molar-refractivity contribution in [1.29, 1.82) is 0 Å². The first-order valence-corrected chi connectivity index (χ1v) is 5.61. The van der Waals surface area contributed by atoms with E-state index in [0.717, 1.165) is 32.6 Å². The lowest BCUT2D eigenvalue weighted by molar-refractivity contribution is 0.315. The number of nitrogens with one attached hydrogen (secondary N) is 1. The topological polar surface area (TPSA) is 33.1 Å². The van der Waals surface area contributed by atoms with Gasteiger partial charge < -0.3 is 5.32 Å². The molecule has 0 aromatic carbocycles. The fourth-order valence-electron chi connectivity index (χ4n) is 1.57. The number of likely N-dealkylation sites (N-methyl/N-ethyl adjacent to an activating group) is 2. The summed E-state index contributed by atoms with van der Waals surface area (Å²) in [5.74, 6) is 0. The van der Waals surface area contributed by atoms with E-state index in [1.165, 1.54) is 5.69 Å². The Balaban J connectivity index is 2.44. The van der Waals surface area contributed by atoms with Crippen molar-refractivity contribution in [2.75, 3.05) is 27.2 Å². The second-order valence-corrected chi connectivity index (χ2v) is 3.89. The van der Waals surface area contributed by atoms with Crippen molar-refractivity contribution in [2.45, 2.75) is 26.4 Å². The Kier molecular flexibility index (Phi) is 5.36. The molecule has 0 aliphatic carbocycles. The van der Waals surface area contributed by atoms with Crippen LogP contribution in [0.15, 0.2) is 12.3 Å². The van der Waals surface area contributed by atoms with E-state index in [9.17, 15) is 0 Å². The lowest BCUT2D eigenvalue weighted by atomic mass is 10.3. The molecule has 0 atom stereocenters. The zero-order chi connectivity index (χ0) is 11.1.